The Morgan fingerprint density at radius 1 is 1.04 bits per heavy atom. The van der Waals surface area contributed by atoms with Gasteiger partial charge >= 0.3 is 6.03 Å². The van der Waals surface area contributed by atoms with E-state index in [-0.39, 0.29) is 23.4 Å². The van der Waals surface area contributed by atoms with Crippen LogP contribution in [0.2, 0.25) is 0 Å². The minimum absolute atomic E-state index is 0.139. The summed E-state index contributed by atoms with van der Waals surface area (Å²) in [6.07, 6.45) is 5.40. The Bertz CT molecular complexity index is 684. The van der Waals surface area contributed by atoms with Crippen LogP contribution >= 0.6 is 0 Å². The Kier molecular flexibility index (Phi) is 6.29. The molecule has 1 saturated heterocycles. The number of hydrogen-bond donors (Lipinski definition) is 1. The Balaban J connectivity index is 1.50. The third-order valence-electron chi connectivity index (χ3n) is 5.60. The summed E-state index contributed by atoms with van der Waals surface area (Å²) in [5, 5.41) is 2.75. The normalized spacial score (nSPS) is 19.7. The molecule has 5 nitrogen and oxygen atoms in total. The summed E-state index contributed by atoms with van der Waals surface area (Å²) in [7, 11) is 0. The number of amides is 3. The average molecular weight is 379 g/mol. The van der Waals surface area contributed by atoms with Crippen LogP contribution < -0.4 is 5.32 Å². The van der Waals surface area contributed by atoms with Gasteiger partial charge in [-0.05, 0) is 25.8 Å². The van der Waals surface area contributed by atoms with Crippen LogP contribution in [0.15, 0.2) is 18.2 Å². The van der Waals surface area contributed by atoms with Gasteiger partial charge in [0, 0.05) is 43.7 Å². The summed E-state index contributed by atoms with van der Waals surface area (Å²) in [4.78, 5) is 28.6. The zero-order valence-electron chi connectivity index (χ0n) is 15.7. The van der Waals surface area contributed by atoms with Crippen LogP contribution in [0.3, 0.4) is 0 Å². The number of hydrogen-bond acceptors (Lipinski definition) is 2. The van der Waals surface area contributed by atoms with Crippen molar-refractivity contribution in [1.29, 1.82) is 0 Å². The molecule has 1 unspecified atom stereocenters. The van der Waals surface area contributed by atoms with Crippen molar-refractivity contribution in [2.45, 2.75) is 45.1 Å². The van der Waals surface area contributed by atoms with E-state index in [1.165, 1.54) is 18.6 Å². The minimum atomic E-state index is -0.675. The van der Waals surface area contributed by atoms with E-state index in [0.29, 0.717) is 26.2 Å². The van der Waals surface area contributed by atoms with Gasteiger partial charge in [-0.3, -0.25) is 4.79 Å². The standard InChI is InChI=1S/C20H27F2N3O2/c1-14(17-8-7-16(21)13-18(17)22)23-20(27)25-11-9-24(10-12-25)19(26)15-5-3-2-4-6-15/h7-8,13-15H,2-6,9-12H2,1H3,(H,23,27). The van der Waals surface area contributed by atoms with Crippen LogP contribution in [0, 0.1) is 17.6 Å². The second-order valence-corrected chi connectivity index (χ2v) is 7.48. The summed E-state index contributed by atoms with van der Waals surface area (Å²) in [6, 6.07) is 2.47. The molecule has 1 saturated carbocycles. The Hall–Kier alpha value is -2.18. The molecule has 0 aromatic heterocycles. The molecule has 0 bridgehead atoms. The first-order valence-corrected chi connectivity index (χ1v) is 9.75. The summed E-state index contributed by atoms with van der Waals surface area (Å²) >= 11 is 0. The van der Waals surface area contributed by atoms with Crippen molar-refractivity contribution in [1.82, 2.24) is 15.1 Å². The quantitative estimate of drug-likeness (QED) is 0.874. The summed E-state index contributed by atoms with van der Waals surface area (Å²) < 4.78 is 26.9. The SMILES string of the molecule is CC(NC(=O)N1CCN(C(=O)C2CCCCC2)CC1)c1ccc(F)cc1F. The molecule has 3 amide bonds. The highest BCUT2D eigenvalue weighted by Gasteiger charge is 2.30. The van der Waals surface area contributed by atoms with Crippen LogP contribution in [0.1, 0.15) is 50.6 Å². The van der Waals surface area contributed by atoms with E-state index in [4.69, 9.17) is 0 Å². The number of carbonyl (C=O) groups excluding carboxylic acids is 2. The van der Waals surface area contributed by atoms with Gasteiger partial charge in [-0.1, -0.05) is 25.3 Å². The number of benzene rings is 1. The van der Waals surface area contributed by atoms with Gasteiger partial charge in [-0.25, -0.2) is 13.6 Å². The highest BCUT2D eigenvalue weighted by molar-refractivity contribution is 5.80. The number of rotatable bonds is 3. The summed E-state index contributed by atoms with van der Waals surface area (Å²) in [6.45, 7) is 3.65. The number of urea groups is 1. The van der Waals surface area contributed by atoms with E-state index in [2.05, 4.69) is 5.32 Å². The van der Waals surface area contributed by atoms with Crippen molar-refractivity contribution in [3.05, 3.63) is 35.4 Å². The van der Waals surface area contributed by atoms with Crippen molar-refractivity contribution in [2.24, 2.45) is 5.92 Å². The monoisotopic (exact) mass is 379 g/mol. The molecular weight excluding hydrogens is 352 g/mol. The lowest BCUT2D eigenvalue weighted by Gasteiger charge is -2.37. The van der Waals surface area contributed by atoms with E-state index in [1.807, 2.05) is 4.90 Å². The van der Waals surface area contributed by atoms with Crippen LogP contribution in [-0.2, 0) is 4.79 Å². The molecule has 27 heavy (non-hydrogen) atoms. The first-order valence-electron chi connectivity index (χ1n) is 9.75. The smallest absolute Gasteiger partial charge is 0.317 e. The van der Waals surface area contributed by atoms with Gasteiger partial charge in [0.05, 0.1) is 6.04 Å². The predicted molar refractivity (Wildman–Crippen MR) is 98.0 cm³/mol. The Morgan fingerprint density at radius 3 is 2.30 bits per heavy atom. The number of halogens is 2. The molecule has 1 aliphatic heterocycles. The van der Waals surface area contributed by atoms with Gasteiger partial charge in [0.15, 0.2) is 0 Å². The number of nitrogens with zero attached hydrogens (tertiary/aromatic N) is 2. The fourth-order valence-electron chi connectivity index (χ4n) is 3.94. The second-order valence-electron chi connectivity index (χ2n) is 7.48. The average Bonchev–Trinajstić information content (AvgIpc) is 2.68. The van der Waals surface area contributed by atoms with Gasteiger partial charge in [0.1, 0.15) is 11.6 Å². The van der Waals surface area contributed by atoms with E-state index in [1.54, 1.807) is 11.8 Å². The maximum absolute atomic E-state index is 13.9. The Morgan fingerprint density at radius 2 is 1.67 bits per heavy atom. The van der Waals surface area contributed by atoms with E-state index in [0.717, 1.165) is 31.7 Å². The van der Waals surface area contributed by atoms with Gasteiger partial charge in [0.25, 0.3) is 0 Å². The highest BCUT2D eigenvalue weighted by Crippen LogP contribution is 2.26. The van der Waals surface area contributed by atoms with E-state index in [9.17, 15) is 18.4 Å². The molecule has 0 radical (unpaired) electrons. The number of nitrogens with one attached hydrogen (secondary N) is 1. The third-order valence-corrected chi connectivity index (χ3v) is 5.60. The molecule has 2 aliphatic rings. The molecule has 1 atom stereocenters. The Labute approximate surface area is 158 Å². The molecule has 1 aromatic carbocycles. The van der Waals surface area contributed by atoms with Crippen LogP contribution in [0.25, 0.3) is 0 Å². The molecule has 1 N–H and O–H groups in total. The predicted octanol–water partition coefficient (Wildman–Crippen LogP) is 3.46. The fourth-order valence-corrected chi connectivity index (χ4v) is 3.94. The molecular formula is C20H27F2N3O2. The van der Waals surface area contributed by atoms with Crippen molar-refractivity contribution in [3.8, 4) is 0 Å². The molecule has 2 fully saturated rings. The summed E-state index contributed by atoms with van der Waals surface area (Å²) in [5.74, 6) is -0.962. The lowest BCUT2D eigenvalue weighted by molar-refractivity contribution is -0.138. The van der Waals surface area contributed by atoms with Crippen molar-refractivity contribution < 1.29 is 18.4 Å². The van der Waals surface area contributed by atoms with Crippen LogP contribution in [-0.4, -0.2) is 47.9 Å². The van der Waals surface area contributed by atoms with Gasteiger partial charge in [0.2, 0.25) is 5.91 Å². The first kappa shape index (κ1) is 19.6. The lowest BCUT2D eigenvalue weighted by Crippen LogP contribution is -2.54. The fraction of sp³-hybridized carbons (Fsp3) is 0.600. The molecule has 3 rings (SSSR count). The van der Waals surface area contributed by atoms with E-state index >= 15 is 0 Å². The van der Waals surface area contributed by atoms with Gasteiger partial charge in [-0.15, -0.1) is 0 Å². The maximum atomic E-state index is 13.9. The van der Waals surface area contributed by atoms with Gasteiger partial charge in [-0.2, -0.15) is 0 Å². The van der Waals surface area contributed by atoms with Crippen LogP contribution in [0.5, 0.6) is 0 Å². The second kappa shape index (κ2) is 8.67. The lowest BCUT2D eigenvalue weighted by atomic mass is 9.88. The summed E-state index contributed by atoms with van der Waals surface area (Å²) in [5.41, 5.74) is 0.246. The number of carbonyl (C=O) groups is 2. The topological polar surface area (TPSA) is 52.7 Å². The highest BCUT2D eigenvalue weighted by atomic mass is 19.1. The molecule has 1 heterocycles. The largest absolute Gasteiger partial charge is 0.339 e. The minimum Gasteiger partial charge on any atom is -0.339 e. The van der Waals surface area contributed by atoms with Crippen molar-refractivity contribution in [3.63, 3.8) is 0 Å². The molecule has 1 aromatic rings. The van der Waals surface area contributed by atoms with E-state index < -0.39 is 17.7 Å². The third kappa shape index (κ3) is 4.76. The molecule has 148 valence electrons. The molecule has 1 aliphatic carbocycles. The zero-order valence-corrected chi connectivity index (χ0v) is 15.7. The maximum Gasteiger partial charge on any atom is 0.317 e. The first-order chi connectivity index (χ1) is 13.0. The molecule has 7 heteroatoms. The zero-order chi connectivity index (χ0) is 19.4. The number of piperazine rings is 1. The molecule has 0 spiro atoms. The van der Waals surface area contributed by atoms with Crippen molar-refractivity contribution >= 4 is 11.9 Å². The van der Waals surface area contributed by atoms with Gasteiger partial charge < -0.3 is 15.1 Å². The van der Waals surface area contributed by atoms with Crippen molar-refractivity contribution in [2.75, 3.05) is 26.2 Å². The van der Waals surface area contributed by atoms with Crippen LogP contribution in [0.4, 0.5) is 13.6 Å².